The molecule has 27 heavy (non-hydrogen) atoms. The number of carbonyl (C=O) groups is 1. The summed E-state index contributed by atoms with van der Waals surface area (Å²) in [5, 5.41) is 36.6. The van der Waals surface area contributed by atoms with Gasteiger partial charge in [0.2, 0.25) is 0 Å². The van der Waals surface area contributed by atoms with Crippen LogP contribution < -0.4 is 0 Å². The SMILES string of the molecule is C=C1[C@H]2C[C@@]3(C[C@H]4[C@@H]5[C@@]6(C)CC[C@H](O)[C@]5([C@@H]3CC2=O)[C@H]4[N@@+]([O-])(CC)C6)[C@@H]1O. The van der Waals surface area contributed by atoms with Crippen LogP contribution in [-0.4, -0.2) is 52.0 Å². The van der Waals surface area contributed by atoms with Crippen molar-refractivity contribution in [1.82, 2.24) is 0 Å². The van der Waals surface area contributed by atoms with Gasteiger partial charge in [0.1, 0.15) is 11.8 Å². The first-order valence-electron chi connectivity index (χ1n) is 10.8. The van der Waals surface area contributed by atoms with Crippen LogP contribution in [0.2, 0.25) is 0 Å². The van der Waals surface area contributed by atoms with E-state index in [4.69, 9.17) is 0 Å². The van der Waals surface area contributed by atoms with Crippen molar-refractivity contribution in [2.24, 2.45) is 39.9 Å². The fourth-order valence-corrected chi connectivity index (χ4v) is 10.1. The number of hydrogen-bond acceptors (Lipinski definition) is 4. The van der Waals surface area contributed by atoms with Crippen LogP contribution in [0.1, 0.15) is 46.0 Å². The van der Waals surface area contributed by atoms with Crippen molar-refractivity contribution in [2.45, 2.75) is 64.2 Å². The number of hydrogen-bond donors (Lipinski definition) is 2. The number of aliphatic hydroxyl groups is 2. The first-order valence-corrected chi connectivity index (χ1v) is 10.8. The number of likely N-dealkylation sites (tertiary alicyclic amines) is 1. The molecular formula is C22H31NO4. The summed E-state index contributed by atoms with van der Waals surface area (Å²) in [4.78, 5) is 13.0. The topological polar surface area (TPSA) is 80.6 Å². The smallest absolute Gasteiger partial charge is 0.140 e. The van der Waals surface area contributed by atoms with Crippen molar-refractivity contribution in [3.8, 4) is 0 Å². The molecular weight excluding hydrogens is 342 g/mol. The van der Waals surface area contributed by atoms with Crippen molar-refractivity contribution in [3.63, 3.8) is 0 Å². The van der Waals surface area contributed by atoms with Crippen molar-refractivity contribution in [2.75, 3.05) is 13.1 Å². The summed E-state index contributed by atoms with van der Waals surface area (Å²) in [6, 6.07) is -0.100. The van der Waals surface area contributed by atoms with Gasteiger partial charge >= 0.3 is 0 Å². The first-order chi connectivity index (χ1) is 12.7. The number of quaternary nitrogens is 1. The number of hydroxylamine groups is 3. The van der Waals surface area contributed by atoms with Crippen LogP contribution >= 0.6 is 0 Å². The van der Waals surface area contributed by atoms with Gasteiger partial charge in [-0.25, -0.2) is 0 Å². The Labute approximate surface area is 160 Å². The van der Waals surface area contributed by atoms with E-state index in [-0.39, 0.29) is 45.1 Å². The molecule has 0 unspecified atom stereocenters. The molecule has 5 nitrogen and oxygen atoms in total. The van der Waals surface area contributed by atoms with Gasteiger partial charge in [0.05, 0.1) is 30.7 Å². The molecule has 0 aromatic carbocycles. The van der Waals surface area contributed by atoms with Crippen LogP contribution in [0.3, 0.4) is 0 Å². The quantitative estimate of drug-likeness (QED) is 0.419. The van der Waals surface area contributed by atoms with E-state index >= 15 is 0 Å². The van der Waals surface area contributed by atoms with Gasteiger partial charge in [-0.1, -0.05) is 13.5 Å². The summed E-state index contributed by atoms with van der Waals surface area (Å²) in [5.74, 6) is 0.481. The molecule has 6 aliphatic carbocycles. The second-order valence-electron chi connectivity index (χ2n) is 11.1. The van der Waals surface area contributed by atoms with Crippen LogP contribution in [-0.2, 0) is 4.79 Å². The fraction of sp³-hybridized carbons (Fsp3) is 0.864. The van der Waals surface area contributed by atoms with Gasteiger partial charge in [0, 0.05) is 29.1 Å². The molecule has 2 spiro atoms. The Hall–Kier alpha value is -0.750. The van der Waals surface area contributed by atoms with Crippen LogP contribution in [0.5, 0.6) is 0 Å². The summed E-state index contributed by atoms with van der Waals surface area (Å²) in [5.41, 5.74) is -0.198. The highest BCUT2D eigenvalue weighted by Crippen LogP contribution is 2.83. The lowest BCUT2D eigenvalue weighted by Crippen LogP contribution is -2.91. The summed E-state index contributed by atoms with van der Waals surface area (Å²) in [6.07, 6.45) is 2.38. The van der Waals surface area contributed by atoms with Gasteiger partial charge in [-0.3, -0.25) is 4.79 Å². The lowest BCUT2D eigenvalue weighted by Gasteiger charge is -2.85. The van der Waals surface area contributed by atoms with E-state index in [1.165, 1.54) is 0 Å². The van der Waals surface area contributed by atoms with Gasteiger partial charge < -0.3 is 20.1 Å². The second-order valence-corrected chi connectivity index (χ2v) is 11.1. The number of piperidine rings is 2. The number of fused-ring (bicyclic) bond motifs is 1. The van der Waals surface area contributed by atoms with Crippen molar-refractivity contribution in [1.29, 1.82) is 0 Å². The number of Topliss-reactive ketones (excluding diaryl/α,β-unsaturated/α-hetero) is 1. The Morgan fingerprint density at radius 3 is 2.78 bits per heavy atom. The molecule has 1 aliphatic heterocycles. The monoisotopic (exact) mass is 373 g/mol. The highest BCUT2D eigenvalue weighted by Gasteiger charge is 2.88. The standard InChI is InChI=1S/C22H31NO4/c1-4-23(27)10-20(3)6-5-16(25)22-15-7-14(24)12-8-21(15,19(26)11(12)2)9-13(17(20)22)18(22)23/h12-13,15-19,25-26H,2,4-10H2,1,3H3/t12-,13+,15-,16+,17-,18+,19-,20+,21+,22+,23-/m1/s1. The van der Waals surface area contributed by atoms with E-state index < -0.39 is 17.6 Å². The first kappa shape index (κ1) is 17.1. The molecule has 7 fully saturated rings. The molecule has 0 radical (unpaired) electrons. The fourth-order valence-electron chi connectivity index (χ4n) is 10.1. The number of nitrogens with zero attached hydrogens (tertiary/aromatic N) is 1. The Kier molecular flexibility index (Phi) is 2.88. The van der Waals surface area contributed by atoms with E-state index in [0.717, 1.165) is 19.3 Å². The number of ketones is 1. The molecule has 148 valence electrons. The maximum atomic E-state index is 14.0. The summed E-state index contributed by atoms with van der Waals surface area (Å²) in [7, 11) is 0. The maximum Gasteiger partial charge on any atom is 0.140 e. The zero-order valence-electron chi connectivity index (χ0n) is 16.4. The van der Waals surface area contributed by atoms with E-state index in [1.54, 1.807) is 0 Å². The van der Waals surface area contributed by atoms with Gasteiger partial charge in [0.25, 0.3) is 0 Å². The van der Waals surface area contributed by atoms with E-state index in [0.29, 0.717) is 37.4 Å². The van der Waals surface area contributed by atoms with E-state index in [9.17, 15) is 20.2 Å². The lowest BCUT2D eigenvalue weighted by atomic mass is 9.24. The highest BCUT2D eigenvalue weighted by molar-refractivity contribution is 5.87. The second kappa shape index (κ2) is 4.53. The molecule has 1 saturated heterocycles. The molecule has 0 aromatic heterocycles. The summed E-state index contributed by atoms with van der Waals surface area (Å²) >= 11 is 0. The van der Waals surface area contributed by atoms with Crippen LogP contribution in [0, 0.1) is 45.1 Å². The van der Waals surface area contributed by atoms with Gasteiger partial charge in [-0.05, 0) is 50.0 Å². The zero-order valence-corrected chi connectivity index (χ0v) is 16.4. The highest BCUT2D eigenvalue weighted by atomic mass is 16.5. The zero-order chi connectivity index (χ0) is 19.1. The van der Waals surface area contributed by atoms with Crippen LogP contribution in [0.25, 0.3) is 0 Å². The number of carbonyl (C=O) groups excluding carboxylic acids is 1. The molecule has 11 atom stereocenters. The third kappa shape index (κ3) is 1.47. The van der Waals surface area contributed by atoms with Gasteiger partial charge in [-0.15, -0.1) is 0 Å². The Balaban J connectivity index is 1.58. The minimum atomic E-state index is -0.657. The molecule has 1 heterocycles. The Morgan fingerprint density at radius 1 is 1.33 bits per heavy atom. The molecule has 5 heteroatoms. The van der Waals surface area contributed by atoms with Gasteiger partial charge in [-0.2, -0.15) is 0 Å². The molecule has 2 N–H and O–H groups in total. The molecule has 7 aliphatic rings. The Bertz CT molecular complexity index is 780. The largest absolute Gasteiger partial charge is 0.633 e. The minimum Gasteiger partial charge on any atom is -0.633 e. The third-order valence-electron chi connectivity index (χ3n) is 10.5. The normalized spacial score (nSPS) is 65.6. The van der Waals surface area contributed by atoms with E-state index in [2.05, 4.69) is 13.5 Å². The number of aliphatic hydroxyl groups excluding tert-OH is 2. The minimum absolute atomic E-state index is 0.0571. The third-order valence-corrected chi connectivity index (χ3v) is 10.5. The van der Waals surface area contributed by atoms with E-state index in [1.807, 2.05) is 6.92 Å². The Morgan fingerprint density at radius 2 is 2.07 bits per heavy atom. The lowest BCUT2D eigenvalue weighted by molar-refractivity contribution is -0.956. The van der Waals surface area contributed by atoms with Crippen molar-refractivity contribution in [3.05, 3.63) is 17.4 Å². The van der Waals surface area contributed by atoms with Crippen LogP contribution in [0.4, 0.5) is 0 Å². The average Bonchev–Trinajstić information content (AvgIpc) is 2.81. The summed E-state index contributed by atoms with van der Waals surface area (Å²) in [6.45, 7) is 9.50. The number of rotatable bonds is 1. The molecule has 0 aromatic rings. The van der Waals surface area contributed by atoms with Crippen molar-refractivity contribution < 1.29 is 19.7 Å². The molecule has 6 saturated carbocycles. The molecule has 7 rings (SSSR count). The van der Waals surface area contributed by atoms with Gasteiger partial charge in [0.15, 0.2) is 0 Å². The van der Waals surface area contributed by atoms with Crippen LogP contribution in [0.15, 0.2) is 12.2 Å². The molecule has 7 bridgehead atoms. The van der Waals surface area contributed by atoms with Crippen molar-refractivity contribution >= 4 is 5.78 Å². The molecule has 0 amide bonds. The summed E-state index contributed by atoms with van der Waals surface area (Å²) < 4.78 is -0.212. The predicted octanol–water partition coefficient (Wildman–Crippen LogP) is 2.01. The maximum absolute atomic E-state index is 14.0. The average molecular weight is 373 g/mol. The predicted molar refractivity (Wildman–Crippen MR) is 99.0 cm³/mol.